The van der Waals surface area contributed by atoms with Gasteiger partial charge in [-0.05, 0) is 86.5 Å². The SMILES string of the molecule is CCOc1ccc(N(CC(=O)N(Cc2c(Cl)cccc2Cl)C(Cc2ccccc2)C(=O)NC(C)CC)S(=O)(=O)c2ccc(F)cc2)cc1. The van der Waals surface area contributed by atoms with Crippen LogP contribution in [0.3, 0.4) is 0 Å². The summed E-state index contributed by atoms with van der Waals surface area (Å²) in [7, 11) is -4.42. The molecule has 1 N–H and O–H groups in total. The molecule has 48 heavy (non-hydrogen) atoms. The Morgan fingerprint density at radius 1 is 0.875 bits per heavy atom. The minimum atomic E-state index is -4.42. The second-order valence-corrected chi connectivity index (χ2v) is 13.8. The van der Waals surface area contributed by atoms with Gasteiger partial charge in [0, 0.05) is 34.6 Å². The molecule has 0 fully saturated rings. The molecule has 0 saturated heterocycles. The van der Waals surface area contributed by atoms with Gasteiger partial charge in [0.25, 0.3) is 10.0 Å². The molecule has 0 aliphatic rings. The van der Waals surface area contributed by atoms with Gasteiger partial charge < -0.3 is 15.0 Å². The summed E-state index contributed by atoms with van der Waals surface area (Å²) in [6.45, 7) is 5.13. The van der Waals surface area contributed by atoms with Crippen molar-refractivity contribution in [2.24, 2.45) is 0 Å². The lowest BCUT2D eigenvalue weighted by Gasteiger charge is -2.34. The molecule has 4 rings (SSSR count). The first-order valence-electron chi connectivity index (χ1n) is 15.5. The van der Waals surface area contributed by atoms with E-state index in [1.165, 1.54) is 17.0 Å². The number of carbonyl (C=O) groups excluding carboxylic acids is 2. The molecule has 12 heteroatoms. The number of nitrogens with zero attached hydrogens (tertiary/aromatic N) is 2. The summed E-state index contributed by atoms with van der Waals surface area (Å²) in [4.78, 5) is 29.7. The molecule has 0 spiro atoms. The van der Waals surface area contributed by atoms with Crippen molar-refractivity contribution in [3.63, 3.8) is 0 Å². The van der Waals surface area contributed by atoms with Crippen molar-refractivity contribution in [1.82, 2.24) is 10.2 Å². The summed E-state index contributed by atoms with van der Waals surface area (Å²) < 4.78 is 48.6. The molecule has 2 unspecified atom stereocenters. The van der Waals surface area contributed by atoms with E-state index in [1.807, 2.05) is 51.1 Å². The molecular formula is C36H38Cl2FN3O5S. The molecule has 0 aromatic heterocycles. The quantitative estimate of drug-likeness (QED) is 0.140. The topological polar surface area (TPSA) is 96.0 Å². The van der Waals surface area contributed by atoms with Crippen molar-refractivity contribution in [3.05, 3.63) is 124 Å². The number of nitrogens with one attached hydrogen (secondary N) is 1. The molecule has 254 valence electrons. The molecule has 0 heterocycles. The Morgan fingerprint density at radius 3 is 2.08 bits per heavy atom. The number of carbonyl (C=O) groups is 2. The fraction of sp³-hybridized carbons (Fsp3) is 0.278. The number of sulfonamides is 1. The third-order valence-corrected chi connectivity index (χ3v) is 10.3. The van der Waals surface area contributed by atoms with Crippen LogP contribution in [0.1, 0.15) is 38.3 Å². The zero-order chi connectivity index (χ0) is 34.8. The Kier molecular flexibility index (Phi) is 12.9. The third kappa shape index (κ3) is 9.27. The molecule has 2 amide bonds. The number of amides is 2. The van der Waals surface area contributed by atoms with E-state index < -0.39 is 40.2 Å². The van der Waals surface area contributed by atoms with Gasteiger partial charge in [0.15, 0.2) is 0 Å². The van der Waals surface area contributed by atoms with E-state index in [-0.39, 0.29) is 39.6 Å². The number of ether oxygens (including phenoxy) is 1. The van der Waals surface area contributed by atoms with E-state index in [0.717, 1.165) is 34.1 Å². The van der Waals surface area contributed by atoms with Crippen molar-refractivity contribution >= 4 is 50.7 Å². The van der Waals surface area contributed by atoms with Crippen LogP contribution >= 0.6 is 23.2 Å². The second kappa shape index (κ2) is 16.8. The van der Waals surface area contributed by atoms with Crippen LogP contribution in [-0.4, -0.2) is 50.4 Å². The maximum atomic E-state index is 14.6. The van der Waals surface area contributed by atoms with E-state index in [2.05, 4.69) is 5.32 Å². The average molecular weight is 715 g/mol. The summed E-state index contributed by atoms with van der Waals surface area (Å²) in [6, 6.07) is 23.4. The lowest BCUT2D eigenvalue weighted by atomic mass is 10.0. The summed E-state index contributed by atoms with van der Waals surface area (Å²) in [5, 5.41) is 3.55. The zero-order valence-corrected chi connectivity index (χ0v) is 29.2. The Balaban J connectivity index is 1.84. The van der Waals surface area contributed by atoms with Crippen LogP contribution in [0.2, 0.25) is 10.0 Å². The van der Waals surface area contributed by atoms with Crippen LogP contribution in [0.5, 0.6) is 5.75 Å². The standard InChI is InChI=1S/C36H38Cl2FN3O5S/c1-4-25(3)40-36(44)34(22-26-10-7-6-8-11-26)41(23-31-32(37)12-9-13-33(31)38)35(43)24-42(28-16-18-29(19-17-28)47-5-2)48(45,46)30-20-14-27(39)15-21-30/h6-21,25,34H,4-5,22-24H2,1-3H3,(H,40,44). The molecule has 4 aromatic carbocycles. The second-order valence-electron chi connectivity index (χ2n) is 11.1. The fourth-order valence-electron chi connectivity index (χ4n) is 4.99. The van der Waals surface area contributed by atoms with Crippen molar-refractivity contribution in [2.75, 3.05) is 17.5 Å². The van der Waals surface area contributed by atoms with Gasteiger partial charge in [0.2, 0.25) is 11.8 Å². The van der Waals surface area contributed by atoms with Crippen LogP contribution in [-0.2, 0) is 32.6 Å². The normalized spacial score (nSPS) is 12.5. The van der Waals surface area contributed by atoms with Gasteiger partial charge in [0.1, 0.15) is 24.2 Å². The Hall–Kier alpha value is -4.12. The monoisotopic (exact) mass is 713 g/mol. The van der Waals surface area contributed by atoms with E-state index >= 15 is 0 Å². The predicted octanol–water partition coefficient (Wildman–Crippen LogP) is 7.28. The van der Waals surface area contributed by atoms with E-state index in [9.17, 15) is 22.4 Å². The number of halogens is 3. The lowest BCUT2D eigenvalue weighted by Crippen LogP contribution is -2.54. The van der Waals surface area contributed by atoms with Gasteiger partial charge >= 0.3 is 0 Å². The van der Waals surface area contributed by atoms with Gasteiger partial charge in [-0.25, -0.2) is 12.8 Å². The first-order valence-corrected chi connectivity index (χ1v) is 17.7. The first-order chi connectivity index (χ1) is 22.9. The maximum Gasteiger partial charge on any atom is 0.264 e. The molecule has 0 aliphatic carbocycles. The summed E-state index contributed by atoms with van der Waals surface area (Å²) in [5.74, 6) is -1.22. The Morgan fingerprint density at radius 2 is 1.50 bits per heavy atom. The van der Waals surface area contributed by atoms with Crippen molar-refractivity contribution in [2.45, 2.75) is 57.1 Å². The minimum Gasteiger partial charge on any atom is -0.494 e. The highest BCUT2D eigenvalue weighted by atomic mass is 35.5. The molecule has 4 aromatic rings. The Labute approximate surface area is 291 Å². The van der Waals surface area contributed by atoms with Gasteiger partial charge in [0.05, 0.1) is 17.2 Å². The first kappa shape index (κ1) is 36.7. The van der Waals surface area contributed by atoms with Gasteiger partial charge in [-0.1, -0.05) is 66.5 Å². The number of hydrogen-bond donors (Lipinski definition) is 1. The highest BCUT2D eigenvalue weighted by Gasteiger charge is 2.35. The van der Waals surface area contributed by atoms with Crippen LogP contribution in [0.15, 0.2) is 102 Å². The van der Waals surface area contributed by atoms with Gasteiger partial charge in [-0.15, -0.1) is 0 Å². The van der Waals surface area contributed by atoms with E-state index in [0.29, 0.717) is 24.3 Å². The van der Waals surface area contributed by atoms with Crippen molar-refractivity contribution in [3.8, 4) is 5.75 Å². The van der Waals surface area contributed by atoms with Gasteiger partial charge in [-0.3, -0.25) is 13.9 Å². The zero-order valence-electron chi connectivity index (χ0n) is 26.9. The molecule has 0 radical (unpaired) electrons. The third-order valence-electron chi connectivity index (χ3n) is 7.78. The maximum absolute atomic E-state index is 14.6. The van der Waals surface area contributed by atoms with Crippen LogP contribution < -0.4 is 14.4 Å². The van der Waals surface area contributed by atoms with Crippen molar-refractivity contribution < 1.29 is 27.1 Å². The van der Waals surface area contributed by atoms with Crippen molar-refractivity contribution in [1.29, 1.82) is 0 Å². The van der Waals surface area contributed by atoms with E-state index in [1.54, 1.807) is 30.3 Å². The average Bonchev–Trinajstić information content (AvgIpc) is 3.07. The summed E-state index contributed by atoms with van der Waals surface area (Å²) >= 11 is 13.1. The van der Waals surface area contributed by atoms with Gasteiger partial charge in [-0.2, -0.15) is 0 Å². The van der Waals surface area contributed by atoms with Crippen LogP contribution in [0.25, 0.3) is 0 Å². The Bertz CT molecular complexity index is 1770. The molecule has 0 bridgehead atoms. The molecule has 8 nitrogen and oxygen atoms in total. The highest BCUT2D eigenvalue weighted by Crippen LogP contribution is 2.30. The smallest absolute Gasteiger partial charge is 0.264 e. The minimum absolute atomic E-state index is 0.130. The molecule has 0 aliphatic heterocycles. The number of anilines is 1. The summed E-state index contributed by atoms with van der Waals surface area (Å²) in [6.07, 6.45) is 0.778. The highest BCUT2D eigenvalue weighted by molar-refractivity contribution is 7.92. The van der Waals surface area contributed by atoms with E-state index in [4.69, 9.17) is 27.9 Å². The predicted molar refractivity (Wildman–Crippen MR) is 187 cm³/mol. The fourth-order valence-corrected chi connectivity index (χ4v) is 6.92. The van der Waals surface area contributed by atoms with Crippen LogP contribution in [0, 0.1) is 5.82 Å². The largest absolute Gasteiger partial charge is 0.494 e. The summed E-state index contributed by atoms with van der Waals surface area (Å²) in [5.41, 5.74) is 1.35. The molecule has 0 saturated carbocycles. The number of rotatable bonds is 15. The molecule has 2 atom stereocenters. The lowest BCUT2D eigenvalue weighted by molar-refractivity contribution is -0.140. The van der Waals surface area contributed by atoms with Crippen LogP contribution in [0.4, 0.5) is 10.1 Å². The number of benzene rings is 4. The molecular weight excluding hydrogens is 676 g/mol. The number of hydrogen-bond acceptors (Lipinski definition) is 5.